The zero-order chi connectivity index (χ0) is 12.8. The van der Waals surface area contributed by atoms with Gasteiger partial charge in [-0.3, -0.25) is 0 Å². The molecule has 0 amide bonds. The van der Waals surface area contributed by atoms with Gasteiger partial charge < -0.3 is 5.73 Å². The normalized spacial score (nSPS) is 33.5. The van der Waals surface area contributed by atoms with Crippen molar-refractivity contribution in [1.29, 1.82) is 0 Å². The van der Waals surface area contributed by atoms with Gasteiger partial charge in [0.2, 0.25) is 0 Å². The van der Waals surface area contributed by atoms with E-state index in [4.69, 9.17) is 5.73 Å². The highest BCUT2D eigenvalue weighted by atomic mass is 32.2. The van der Waals surface area contributed by atoms with E-state index in [0.29, 0.717) is 11.7 Å². The average molecular weight is 283 g/mol. The fourth-order valence-electron chi connectivity index (χ4n) is 2.92. The number of thioether (sulfide) groups is 1. The third kappa shape index (κ3) is 2.44. The van der Waals surface area contributed by atoms with Crippen molar-refractivity contribution >= 4 is 21.6 Å². The first kappa shape index (κ1) is 12.5. The van der Waals surface area contributed by atoms with Gasteiger partial charge in [0.05, 0.1) is 11.5 Å². The first-order valence-electron chi connectivity index (χ1n) is 6.20. The van der Waals surface area contributed by atoms with Gasteiger partial charge in [0.1, 0.15) is 0 Å². The second-order valence-corrected chi connectivity index (χ2v) is 8.99. The van der Waals surface area contributed by atoms with Crippen molar-refractivity contribution in [2.45, 2.75) is 34.9 Å². The zero-order valence-electron chi connectivity index (χ0n) is 10.1. The van der Waals surface area contributed by atoms with E-state index in [1.54, 1.807) is 0 Å². The summed E-state index contributed by atoms with van der Waals surface area (Å²) in [6.07, 6.45) is 2.42. The fraction of sp³-hybridized carbons (Fsp3) is 0.538. The van der Waals surface area contributed by atoms with Crippen LogP contribution in [-0.4, -0.2) is 30.7 Å². The molecule has 0 aliphatic carbocycles. The summed E-state index contributed by atoms with van der Waals surface area (Å²) in [7, 11) is -2.90. The molecule has 2 atom stereocenters. The Bertz CT molecular complexity index is 545. The second kappa shape index (κ2) is 4.25. The van der Waals surface area contributed by atoms with Crippen molar-refractivity contribution in [1.82, 2.24) is 0 Å². The van der Waals surface area contributed by atoms with Gasteiger partial charge >= 0.3 is 0 Å². The minimum absolute atomic E-state index is 0.160. The van der Waals surface area contributed by atoms with E-state index in [1.165, 1.54) is 10.5 Å². The molecule has 0 aromatic heterocycles. The summed E-state index contributed by atoms with van der Waals surface area (Å²) in [5.41, 5.74) is 7.13. The largest absolute Gasteiger partial charge is 0.324 e. The highest BCUT2D eigenvalue weighted by Gasteiger charge is 2.41. The Labute approximate surface area is 112 Å². The Morgan fingerprint density at radius 3 is 2.83 bits per heavy atom. The molecule has 1 fully saturated rings. The predicted molar refractivity (Wildman–Crippen MR) is 74.6 cm³/mol. The van der Waals surface area contributed by atoms with Crippen LogP contribution in [0.4, 0.5) is 0 Å². The molecule has 1 saturated heterocycles. The molecular formula is C13H17NO2S2. The lowest BCUT2D eigenvalue weighted by molar-refractivity contribution is 0.436. The van der Waals surface area contributed by atoms with E-state index in [1.807, 2.05) is 17.8 Å². The van der Waals surface area contributed by atoms with Crippen LogP contribution in [0.25, 0.3) is 0 Å². The van der Waals surface area contributed by atoms with Crippen LogP contribution in [0.3, 0.4) is 0 Å². The monoisotopic (exact) mass is 283 g/mol. The maximum absolute atomic E-state index is 11.6. The summed E-state index contributed by atoms with van der Waals surface area (Å²) >= 11 is 1.85. The first-order chi connectivity index (χ1) is 8.46. The van der Waals surface area contributed by atoms with Crippen LogP contribution in [0.2, 0.25) is 0 Å². The van der Waals surface area contributed by atoms with Crippen molar-refractivity contribution in [3.05, 3.63) is 29.8 Å². The molecule has 3 rings (SSSR count). The van der Waals surface area contributed by atoms with Gasteiger partial charge in [0, 0.05) is 15.7 Å². The van der Waals surface area contributed by atoms with Crippen molar-refractivity contribution < 1.29 is 8.42 Å². The standard InChI is InChI=1S/C13H17NO2S2/c14-13(5-6-18(15,16)9-13)8-11-7-10-3-1-2-4-12(10)17-11/h1-4,11H,5-9,14H2. The molecule has 2 heterocycles. The maximum Gasteiger partial charge on any atom is 0.152 e. The minimum Gasteiger partial charge on any atom is -0.324 e. The lowest BCUT2D eigenvalue weighted by atomic mass is 9.92. The average Bonchev–Trinajstić information content (AvgIpc) is 2.78. The van der Waals surface area contributed by atoms with Gasteiger partial charge in [-0.1, -0.05) is 18.2 Å². The van der Waals surface area contributed by atoms with Gasteiger partial charge in [-0.05, 0) is 30.9 Å². The molecule has 1 aromatic carbocycles. The summed E-state index contributed by atoms with van der Waals surface area (Å²) in [6.45, 7) is 0. The van der Waals surface area contributed by atoms with Gasteiger partial charge in [0.15, 0.2) is 9.84 Å². The molecular weight excluding hydrogens is 266 g/mol. The topological polar surface area (TPSA) is 60.2 Å². The molecule has 3 nitrogen and oxygen atoms in total. The Morgan fingerprint density at radius 2 is 2.17 bits per heavy atom. The van der Waals surface area contributed by atoms with Crippen molar-refractivity contribution in [2.75, 3.05) is 11.5 Å². The molecule has 1 aromatic rings. The summed E-state index contributed by atoms with van der Waals surface area (Å²) < 4.78 is 23.1. The lowest BCUT2D eigenvalue weighted by Crippen LogP contribution is -2.43. The van der Waals surface area contributed by atoms with Crippen molar-refractivity contribution in [3.63, 3.8) is 0 Å². The number of hydrogen-bond donors (Lipinski definition) is 1. The van der Waals surface area contributed by atoms with Crippen LogP contribution in [0.1, 0.15) is 18.4 Å². The third-order valence-corrected chi connectivity index (χ3v) is 6.93. The number of sulfone groups is 1. The van der Waals surface area contributed by atoms with Crippen LogP contribution >= 0.6 is 11.8 Å². The zero-order valence-corrected chi connectivity index (χ0v) is 11.8. The van der Waals surface area contributed by atoms with Crippen molar-refractivity contribution in [3.8, 4) is 0 Å². The summed E-state index contributed by atoms with van der Waals surface area (Å²) in [4.78, 5) is 1.33. The molecule has 5 heteroatoms. The van der Waals surface area contributed by atoms with Gasteiger partial charge in [-0.2, -0.15) is 0 Å². The number of rotatable bonds is 2. The van der Waals surface area contributed by atoms with E-state index in [2.05, 4.69) is 18.2 Å². The van der Waals surface area contributed by atoms with E-state index in [0.717, 1.165) is 12.8 Å². The predicted octanol–water partition coefficient (Wildman–Crippen LogP) is 1.61. The van der Waals surface area contributed by atoms with E-state index >= 15 is 0 Å². The molecule has 0 saturated carbocycles. The van der Waals surface area contributed by atoms with E-state index in [-0.39, 0.29) is 11.5 Å². The Hall–Kier alpha value is -0.520. The molecule has 0 spiro atoms. The van der Waals surface area contributed by atoms with Crippen LogP contribution in [-0.2, 0) is 16.3 Å². The second-order valence-electron chi connectivity index (χ2n) is 5.46. The molecule has 18 heavy (non-hydrogen) atoms. The van der Waals surface area contributed by atoms with Crippen LogP contribution in [0, 0.1) is 0 Å². The van der Waals surface area contributed by atoms with E-state index < -0.39 is 15.4 Å². The van der Waals surface area contributed by atoms with Crippen LogP contribution in [0.5, 0.6) is 0 Å². The first-order valence-corrected chi connectivity index (χ1v) is 8.90. The Morgan fingerprint density at radius 1 is 1.39 bits per heavy atom. The smallest absolute Gasteiger partial charge is 0.152 e. The summed E-state index contributed by atoms with van der Waals surface area (Å²) in [5, 5.41) is 0.431. The molecule has 98 valence electrons. The Kier molecular flexibility index (Phi) is 2.95. The SMILES string of the molecule is NC1(CC2Cc3ccccc3S2)CCS(=O)(=O)C1. The summed E-state index contributed by atoms with van der Waals surface area (Å²) in [6, 6.07) is 8.39. The highest BCUT2D eigenvalue weighted by molar-refractivity contribution is 8.00. The number of fused-ring (bicyclic) bond motifs is 1. The molecule has 0 bridgehead atoms. The lowest BCUT2D eigenvalue weighted by Gasteiger charge is -2.25. The fourth-order valence-corrected chi connectivity index (χ4v) is 6.42. The molecule has 2 aliphatic rings. The van der Waals surface area contributed by atoms with Gasteiger partial charge in [-0.25, -0.2) is 8.42 Å². The Balaban J connectivity index is 1.70. The number of hydrogen-bond acceptors (Lipinski definition) is 4. The molecule has 2 unspecified atom stereocenters. The quantitative estimate of drug-likeness (QED) is 0.896. The maximum atomic E-state index is 11.6. The molecule has 2 N–H and O–H groups in total. The van der Waals surface area contributed by atoms with Gasteiger partial charge in [0.25, 0.3) is 0 Å². The minimum atomic E-state index is -2.90. The molecule has 2 aliphatic heterocycles. The summed E-state index contributed by atoms with van der Waals surface area (Å²) in [5.74, 6) is 0.418. The number of nitrogens with two attached hydrogens (primary N) is 1. The molecule has 0 radical (unpaired) electrons. The van der Waals surface area contributed by atoms with Gasteiger partial charge in [-0.15, -0.1) is 11.8 Å². The van der Waals surface area contributed by atoms with E-state index in [9.17, 15) is 8.42 Å². The van der Waals surface area contributed by atoms with Crippen molar-refractivity contribution in [2.24, 2.45) is 5.73 Å². The van der Waals surface area contributed by atoms with Crippen LogP contribution < -0.4 is 5.73 Å². The third-order valence-electron chi connectivity index (χ3n) is 3.77. The number of benzene rings is 1. The van der Waals surface area contributed by atoms with Crippen LogP contribution in [0.15, 0.2) is 29.2 Å². The highest BCUT2D eigenvalue weighted by Crippen LogP contribution is 2.41.